The molecular weight excluding hydrogens is 327 g/mol. The van der Waals surface area contributed by atoms with E-state index in [-0.39, 0.29) is 5.82 Å². The van der Waals surface area contributed by atoms with Crippen molar-refractivity contribution in [3.8, 4) is 11.4 Å². The highest BCUT2D eigenvalue weighted by atomic mass is 35.5. The van der Waals surface area contributed by atoms with Crippen LogP contribution < -0.4 is 4.74 Å². The van der Waals surface area contributed by atoms with Crippen molar-refractivity contribution in [3.63, 3.8) is 0 Å². The highest BCUT2D eigenvalue weighted by Crippen LogP contribution is 2.35. The quantitative estimate of drug-likeness (QED) is 0.674. The second kappa shape index (κ2) is 6.11. The Labute approximate surface area is 145 Å². The summed E-state index contributed by atoms with van der Waals surface area (Å²) in [4.78, 5) is 2.33. The number of benzene rings is 2. The van der Waals surface area contributed by atoms with Crippen LogP contribution in [-0.2, 0) is 6.54 Å². The minimum absolute atomic E-state index is 0.229. The molecule has 4 rings (SSSR count). The van der Waals surface area contributed by atoms with Gasteiger partial charge in [-0.25, -0.2) is 4.39 Å². The molecule has 0 spiro atoms. The molecule has 0 saturated carbocycles. The van der Waals surface area contributed by atoms with Crippen LogP contribution in [0.3, 0.4) is 0 Å². The zero-order valence-corrected chi connectivity index (χ0v) is 14.2. The van der Waals surface area contributed by atoms with Crippen LogP contribution in [-0.4, -0.2) is 29.2 Å². The van der Waals surface area contributed by atoms with Crippen LogP contribution >= 0.6 is 11.6 Å². The summed E-state index contributed by atoms with van der Waals surface area (Å²) in [6.07, 6.45) is 1.94. The predicted octanol–water partition coefficient (Wildman–Crippen LogP) is 4.64. The first kappa shape index (κ1) is 15.5. The highest BCUT2D eigenvalue weighted by Gasteiger charge is 2.18. The van der Waals surface area contributed by atoms with Gasteiger partial charge in [-0.1, -0.05) is 18.5 Å². The van der Waals surface area contributed by atoms with Crippen molar-refractivity contribution in [3.05, 3.63) is 59.0 Å². The van der Waals surface area contributed by atoms with Gasteiger partial charge in [0.15, 0.2) is 0 Å². The van der Waals surface area contributed by atoms with Crippen molar-refractivity contribution in [1.29, 1.82) is 0 Å². The number of fused-ring (bicyclic) bond motifs is 2. The molecule has 2 heterocycles. The molecule has 0 N–H and O–H groups in total. The van der Waals surface area contributed by atoms with E-state index in [9.17, 15) is 4.39 Å². The summed E-state index contributed by atoms with van der Waals surface area (Å²) >= 11 is 6.49. The fraction of sp³-hybridized carbons (Fsp3) is 0.263. The van der Waals surface area contributed by atoms with Crippen molar-refractivity contribution < 1.29 is 9.13 Å². The van der Waals surface area contributed by atoms with Crippen LogP contribution in [0.2, 0.25) is 5.02 Å². The Hall–Kier alpha value is -2.04. The maximum Gasteiger partial charge on any atom is 0.142 e. The number of hydrogen-bond donors (Lipinski definition) is 0. The molecule has 0 atom stereocenters. The fourth-order valence-corrected chi connectivity index (χ4v) is 3.55. The number of nitrogens with zero attached hydrogens (tertiary/aromatic N) is 2. The second-order valence-corrected chi connectivity index (χ2v) is 6.43. The Morgan fingerprint density at radius 3 is 2.92 bits per heavy atom. The lowest BCUT2D eigenvalue weighted by Crippen LogP contribution is -2.25. The maximum atomic E-state index is 13.4. The summed E-state index contributed by atoms with van der Waals surface area (Å²) in [5.41, 5.74) is 3.00. The predicted molar refractivity (Wildman–Crippen MR) is 94.7 cm³/mol. The van der Waals surface area contributed by atoms with Crippen LogP contribution in [0.15, 0.2) is 42.6 Å². The fourth-order valence-electron chi connectivity index (χ4n) is 3.26. The second-order valence-electron chi connectivity index (χ2n) is 6.02. The lowest BCUT2D eigenvalue weighted by molar-refractivity contribution is 0.234. The molecule has 2 aromatic carbocycles. The summed E-state index contributed by atoms with van der Waals surface area (Å²) in [7, 11) is 0. The van der Waals surface area contributed by atoms with E-state index in [1.54, 1.807) is 12.1 Å². The molecule has 1 aliphatic rings. The number of likely N-dealkylation sites (N-methyl/N-ethyl adjacent to an activating group) is 1. The molecule has 3 nitrogen and oxygen atoms in total. The molecule has 0 saturated heterocycles. The van der Waals surface area contributed by atoms with E-state index >= 15 is 0 Å². The Bertz CT molecular complexity index is 906. The van der Waals surface area contributed by atoms with Gasteiger partial charge in [-0.2, -0.15) is 0 Å². The third-order valence-electron chi connectivity index (χ3n) is 4.53. The topological polar surface area (TPSA) is 17.4 Å². The summed E-state index contributed by atoms with van der Waals surface area (Å²) in [6, 6.07) is 10.7. The average Bonchev–Trinajstić information content (AvgIpc) is 2.86. The van der Waals surface area contributed by atoms with Gasteiger partial charge >= 0.3 is 0 Å². The Morgan fingerprint density at radius 2 is 2.08 bits per heavy atom. The molecule has 124 valence electrons. The molecule has 0 fully saturated rings. The Morgan fingerprint density at radius 1 is 1.21 bits per heavy atom. The Kier molecular flexibility index (Phi) is 3.94. The molecule has 5 heteroatoms. The van der Waals surface area contributed by atoms with Gasteiger partial charge in [-0.3, -0.25) is 4.90 Å². The van der Waals surface area contributed by atoms with E-state index in [2.05, 4.69) is 17.9 Å². The van der Waals surface area contributed by atoms with Gasteiger partial charge in [0, 0.05) is 35.9 Å². The maximum absolute atomic E-state index is 13.4. The third kappa shape index (κ3) is 2.66. The molecule has 0 amide bonds. The molecule has 24 heavy (non-hydrogen) atoms. The minimum Gasteiger partial charge on any atom is -0.490 e. The van der Waals surface area contributed by atoms with Crippen molar-refractivity contribution in [2.75, 3.05) is 19.7 Å². The standard InChI is InChI=1S/C19H18ClFN2O/c1-2-22-7-8-24-19-14(12-22)10-16(11-17(19)20)23-6-5-13-9-15(21)3-4-18(13)23/h3-6,9-11H,2,7-8,12H2,1H3. The molecule has 3 aromatic rings. The van der Waals surface area contributed by atoms with Crippen LogP contribution in [0.25, 0.3) is 16.6 Å². The Balaban J connectivity index is 1.84. The van der Waals surface area contributed by atoms with E-state index in [4.69, 9.17) is 16.3 Å². The first-order valence-electron chi connectivity index (χ1n) is 8.10. The lowest BCUT2D eigenvalue weighted by atomic mass is 10.1. The van der Waals surface area contributed by atoms with Gasteiger partial charge in [0.2, 0.25) is 0 Å². The van der Waals surface area contributed by atoms with Gasteiger partial charge in [0.25, 0.3) is 0 Å². The van der Waals surface area contributed by atoms with Gasteiger partial charge in [-0.05, 0) is 42.9 Å². The first-order valence-corrected chi connectivity index (χ1v) is 8.48. The van der Waals surface area contributed by atoms with Crippen LogP contribution in [0.1, 0.15) is 12.5 Å². The number of aromatic nitrogens is 1. The van der Waals surface area contributed by atoms with Crippen molar-refractivity contribution in [2.24, 2.45) is 0 Å². The molecular formula is C19H18ClFN2O. The van der Waals surface area contributed by atoms with Gasteiger partial charge < -0.3 is 9.30 Å². The molecule has 0 aliphatic carbocycles. The summed E-state index contributed by atoms with van der Waals surface area (Å²) < 4.78 is 21.3. The first-order chi connectivity index (χ1) is 11.7. The lowest BCUT2D eigenvalue weighted by Gasteiger charge is -2.17. The molecule has 0 bridgehead atoms. The van der Waals surface area contributed by atoms with E-state index in [0.29, 0.717) is 11.6 Å². The van der Waals surface area contributed by atoms with E-state index in [1.807, 2.05) is 22.9 Å². The monoisotopic (exact) mass is 344 g/mol. The van der Waals surface area contributed by atoms with Gasteiger partial charge in [0.05, 0.1) is 10.5 Å². The smallest absolute Gasteiger partial charge is 0.142 e. The third-order valence-corrected chi connectivity index (χ3v) is 4.81. The van der Waals surface area contributed by atoms with Crippen LogP contribution in [0.5, 0.6) is 5.75 Å². The number of ether oxygens (including phenoxy) is 1. The van der Waals surface area contributed by atoms with Crippen LogP contribution in [0.4, 0.5) is 4.39 Å². The van der Waals surface area contributed by atoms with Gasteiger partial charge in [0.1, 0.15) is 18.2 Å². The summed E-state index contributed by atoms with van der Waals surface area (Å²) in [6.45, 7) is 5.46. The normalized spacial score (nSPS) is 15.1. The van der Waals surface area contributed by atoms with E-state index < -0.39 is 0 Å². The minimum atomic E-state index is -0.229. The molecule has 0 unspecified atom stereocenters. The molecule has 0 radical (unpaired) electrons. The number of halogens is 2. The van der Waals surface area contributed by atoms with E-state index in [1.165, 1.54) is 6.07 Å². The van der Waals surface area contributed by atoms with Crippen molar-refractivity contribution >= 4 is 22.5 Å². The average molecular weight is 345 g/mol. The molecule has 1 aromatic heterocycles. The summed E-state index contributed by atoms with van der Waals surface area (Å²) in [5.74, 6) is 0.547. The molecule has 1 aliphatic heterocycles. The van der Waals surface area contributed by atoms with E-state index in [0.717, 1.165) is 47.5 Å². The van der Waals surface area contributed by atoms with Crippen molar-refractivity contribution in [1.82, 2.24) is 9.47 Å². The zero-order chi connectivity index (χ0) is 16.7. The number of hydrogen-bond acceptors (Lipinski definition) is 2. The van der Waals surface area contributed by atoms with Crippen LogP contribution in [0, 0.1) is 5.82 Å². The van der Waals surface area contributed by atoms with Crippen molar-refractivity contribution in [2.45, 2.75) is 13.5 Å². The number of rotatable bonds is 2. The SMILES string of the molecule is CCN1CCOc2c(Cl)cc(-n3ccc4cc(F)ccc43)cc2C1. The highest BCUT2D eigenvalue weighted by molar-refractivity contribution is 6.32. The van der Waals surface area contributed by atoms with Gasteiger partial charge in [-0.15, -0.1) is 0 Å². The largest absolute Gasteiger partial charge is 0.490 e. The zero-order valence-electron chi connectivity index (χ0n) is 13.4. The summed E-state index contributed by atoms with van der Waals surface area (Å²) in [5, 5.41) is 1.48.